The number of hydrogen-bond donors (Lipinski definition) is 0. The molecule has 0 spiro atoms. The lowest BCUT2D eigenvalue weighted by Gasteiger charge is -2.17. The number of methoxy groups -OCH3 is 1. The van der Waals surface area contributed by atoms with Crippen LogP contribution in [0.3, 0.4) is 0 Å². The largest absolute Gasteiger partial charge is 0.497 e. The van der Waals surface area contributed by atoms with Crippen molar-refractivity contribution < 1.29 is 18.7 Å². The second-order valence-electron chi connectivity index (χ2n) is 5.99. The minimum absolute atomic E-state index is 0.227. The summed E-state index contributed by atoms with van der Waals surface area (Å²) in [7, 11) is 1.61. The summed E-state index contributed by atoms with van der Waals surface area (Å²) in [6, 6.07) is 13.7. The van der Waals surface area contributed by atoms with Crippen LogP contribution in [0.4, 0.5) is 4.39 Å². The van der Waals surface area contributed by atoms with Crippen LogP contribution in [0.15, 0.2) is 48.5 Å². The van der Waals surface area contributed by atoms with Gasteiger partial charge in [-0.3, -0.25) is 4.79 Å². The van der Waals surface area contributed by atoms with Crippen molar-refractivity contribution in [1.82, 2.24) is 0 Å². The molecule has 2 aromatic rings. The normalized spacial score (nSPS) is 15.0. The van der Waals surface area contributed by atoms with Crippen LogP contribution < -0.4 is 4.74 Å². The maximum atomic E-state index is 12.9. The SMILES string of the molecule is COc1ccc(CC(=O)OC2(Cc3ccc(F)cc3)CC2)cc1. The van der Waals surface area contributed by atoms with E-state index in [9.17, 15) is 9.18 Å². The number of carbonyl (C=O) groups excluding carboxylic acids is 1. The molecule has 0 amide bonds. The zero-order valence-electron chi connectivity index (χ0n) is 13.0. The van der Waals surface area contributed by atoms with Crippen molar-refractivity contribution in [3.05, 3.63) is 65.5 Å². The summed E-state index contributed by atoms with van der Waals surface area (Å²) in [6.07, 6.45) is 2.61. The Morgan fingerprint density at radius 2 is 1.65 bits per heavy atom. The topological polar surface area (TPSA) is 35.5 Å². The standard InChI is InChI=1S/C19H19FO3/c1-22-17-8-4-14(5-9-17)12-18(21)23-19(10-11-19)13-15-2-6-16(20)7-3-15/h2-9H,10-13H2,1H3. The van der Waals surface area contributed by atoms with E-state index in [1.54, 1.807) is 19.2 Å². The van der Waals surface area contributed by atoms with Crippen LogP contribution in [0.5, 0.6) is 5.75 Å². The molecule has 23 heavy (non-hydrogen) atoms. The maximum Gasteiger partial charge on any atom is 0.310 e. The number of rotatable bonds is 6. The van der Waals surface area contributed by atoms with Gasteiger partial charge in [0, 0.05) is 6.42 Å². The first-order valence-corrected chi connectivity index (χ1v) is 7.68. The lowest BCUT2D eigenvalue weighted by molar-refractivity contribution is -0.150. The van der Waals surface area contributed by atoms with Gasteiger partial charge in [-0.05, 0) is 48.2 Å². The van der Waals surface area contributed by atoms with Gasteiger partial charge in [-0.15, -0.1) is 0 Å². The zero-order chi connectivity index (χ0) is 16.3. The first-order chi connectivity index (χ1) is 11.1. The molecule has 120 valence electrons. The monoisotopic (exact) mass is 314 g/mol. The van der Waals surface area contributed by atoms with E-state index >= 15 is 0 Å². The van der Waals surface area contributed by atoms with Crippen LogP contribution in [0.25, 0.3) is 0 Å². The van der Waals surface area contributed by atoms with E-state index in [4.69, 9.17) is 9.47 Å². The molecule has 0 aromatic heterocycles. The number of esters is 1. The van der Waals surface area contributed by atoms with Gasteiger partial charge < -0.3 is 9.47 Å². The number of hydrogen-bond acceptors (Lipinski definition) is 3. The molecule has 4 heteroatoms. The molecule has 2 aromatic carbocycles. The molecule has 1 saturated carbocycles. The molecule has 1 aliphatic carbocycles. The lowest BCUT2D eigenvalue weighted by Crippen LogP contribution is -2.23. The lowest BCUT2D eigenvalue weighted by atomic mass is 10.1. The minimum atomic E-state index is -0.401. The fourth-order valence-electron chi connectivity index (χ4n) is 2.62. The Hall–Kier alpha value is -2.36. The summed E-state index contributed by atoms with van der Waals surface area (Å²) in [5.41, 5.74) is 1.48. The Kier molecular flexibility index (Phi) is 4.33. The van der Waals surface area contributed by atoms with Gasteiger partial charge in [-0.2, -0.15) is 0 Å². The molecule has 1 aliphatic rings. The van der Waals surface area contributed by atoms with Gasteiger partial charge >= 0.3 is 5.97 Å². The molecule has 0 N–H and O–H groups in total. The van der Waals surface area contributed by atoms with Gasteiger partial charge in [0.2, 0.25) is 0 Å². The minimum Gasteiger partial charge on any atom is -0.497 e. The van der Waals surface area contributed by atoms with E-state index in [2.05, 4.69) is 0 Å². The zero-order valence-corrected chi connectivity index (χ0v) is 13.0. The third-order valence-corrected chi connectivity index (χ3v) is 4.09. The van der Waals surface area contributed by atoms with Gasteiger partial charge in [0.05, 0.1) is 13.5 Å². The first kappa shape index (κ1) is 15.5. The number of benzene rings is 2. The van der Waals surface area contributed by atoms with E-state index in [0.717, 1.165) is 29.7 Å². The average Bonchev–Trinajstić information content (AvgIpc) is 3.29. The van der Waals surface area contributed by atoms with Crippen molar-refractivity contribution in [2.75, 3.05) is 7.11 Å². The van der Waals surface area contributed by atoms with Crippen molar-refractivity contribution in [1.29, 1.82) is 0 Å². The Morgan fingerprint density at radius 3 is 2.22 bits per heavy atom. The third-order valence-electron chi connectivity index (χ3n) is 4.09. The highest BCUT2D eigenvalue weighted by atomic mass is 19.1. The highest BCUT2D eigenvalue weighted by Crippen LogP contribution is 2.42. The summed E-state index contributed by atoms with van der Waals surface area (Å²) in [5, 5.41) is 0. The first-order valence-electron chi connectivity index (χ1n) is 7.68. The fourth-order valence-corrected chi connectivity index (χ4v) is 2.62. The molecule has 3 rings (SSSR count). The third kappa shape index (κ3) is 4.09. The molecule has 0 unspecified atom stereocenters. The van der Waals surface area contributed by atoms with Crippen LogP contribution in [-0.2, 0) is 22.4 Å². The summed E-state index contributed by atoms with van der Waals surface area (Å²) >= 11 is 0. The summed E-state index contributed by atoms with van der Waals surface area (Å²) < 4.78 is 23.7. The molecule has 1 fully saturated rings. The Balaban J connectivity index is 1.57. The van der Waals surface area contributed by atoms with Crippen molar-refractivity contribution in [3.63, 3.8) is 0 Å². The molecular weight excluding hydrogens is 295 g/mol. The molecule has 0 saturated heterocycles. The van der Waals surface area contributed by atoms with Gasteiger partial charge in [0.15, 0.2) is 0 Å². The fraction of sp³-hybridized carbons (Fsp3) is 0.316. The van der Waals surface area contributed by atoms with Gasteiger partial charge in [0.25, 0.3) is 0 Å². The Labute approximate surface area is 135 Å². The average molecular weight is 314 g/mol. The van der Waals surface area contributed by atoms with Crippen LogP contribution in [-0.4, -0.2) is 18.7 Å². The summed E-state index contributed by atoms with van der Waals surface area (Å²) in [6.45, 7) is 0. The molecule has 0 bridgehead atoms. The van der Waals surface area contributed by atoms with E-state index in [-0.39, 0.29) is 18.2 Å². The van der Waals surface area contributed by atoms with E-state index in [0.29, 0.717) is 6.42 Å². The quantitative estimate of drug-likeness (QED) is 0.763. The van der Waals surface area contributed by atoms with Gasteiger partial charge in [-0.1, -0.05) is 24.3 Å². The highest BCUT2D eigenvalue weighted by molar-refractivity contribution is 5.73. The van der Waals surface area contributed by atoms with Gasteiger partial charge in [0.1, 0.15) is 17.2 Å². The number of halogens is 1. The molecule has 3 nitrogen and oxygen atoms in total. The van der Waals surface area contributed by atoms with Crippen LogP contribution in [0.2, 0.25) is 0 Å². The molecule has 0 aliphatic heterocycles. The Bertz CT molecular complexity index is 673. The molecule has 0 radical (unpaired) electrons. The maximum absolute atomic E-state index is 12.9. The smallest absolute Gasteiger partial charge is 0.310 e. The second kappa shape index (κ2) is 6.41. The molecule has 0 heterocycles. The van der Waals surface area contributed by atoms with Crippen molar-refractivity contribution in [2.24, 2.45) is 0 Å². The van der Waals surface area contributed by atoms with Gasteiger partial charge in [-0.25, -0.2) is 4.39 Å². The van der Waals surface area contributed by atoms with E-state index in [1.165, 1.54) is 12.1 Å². The molecule has 0 atom stereocenters. The number of ether oxygens (including phenoxy) is 2. The van der Waals surface area contributed by atoms with Crippen molar-refractivity contribution >= 4 is 5.97 Å². The van der Waals surface area contributed by atoms with E-state index < -0.39 is 5.60 Å². The highest BCUT2D eigenvalue weighted by Gasteiger charge is 2.46. The van der Waals surface area contributed by atoms with E-state index in [1.807, 2.05) is 24.3 Å². The summed E-state index contributed by atoms with van der Waals surface area (Å²) in [5.74, 6) is 0.280. The number of carbonyl (C=O) groups is 1. The Morgan fingerprint density at radius 1 is 1.04 bits per heavy atom. The van der Waals surface area contributed by atoms with Crippen molar-refractivity contribution in [3.8, 4) is 5.75 Å². The van der Waals surface area contributed by atoms with Crippen LogP contribution in [0.1, 0.15) is 24.0 Å². The predicted octanol–water partition coefficient (Wildman–Crippen LogP) is 3.70. The summed E-state index contributed by atoms with van der Waals surface area (Å²) in [4.78, 5) is 12.2. The second-order valence-corrected chi connectivity index (χ2v) is 5.99. The molecular formula is C19H19FO3. The van der Waals surface area contributed by atoms with Crippen LogP contribution in [0, 0.1) is 5.82 Å². The van der Waals surface area contributed by atoms with Crippen LogP contribution >= 0.6 is 0 Å². The predicted molar refractivity (Wildman–Crippen MR) is 84.9 cm³/mol. The van der Waals surface area contributed by atoms with Crippen molar-refractivity contribution in [2.45, 2.75) is 31.3 Å².